The minimum Gasteiger partial charge on any atom is -0.508 e. The summed E-state index contributed by atoms with van der Waals surface area (Å²) in [6.45, 7) is 2.46. The van der Waals surface area contributed by atoms with Crippen LogP contribution >= 0.6 is 0 Å². The molecular formula is C21H23NO. The molecular weight excluding hydrogens is 282 g/mol. The standard InChI is InChI=1S/C21H23NO/c1-21-9-8-17-16-7-5-15(23)11-13(16)4-6-18(17)19(21)12-14-3-2-10-22-20(14)21/h2-3,5,7,10-11,17-19,23H,4,6,8-9,12H2,1H3/t17-,18-,19+,21+/m1/s1. The molecule has 0 amide bonds. The van der Waals surface area contributed by atoms with Crippen LogP contribution in [0.25, 0.3) is 0 Å². The first kappa shape index (κ1) is 13.6. The van der Waals surface area contributed by atoms with Crippen LogP contribution in [-0.2, 0) is 18.3 Å². The second kappa shape index (κ2) is 4.59. The number of nitrogens with zero attached hydrogens (tertiary/aromatic N) is 1. The van der Waals surface area contributed by atoms with Gasteiger partial charge in [-0.3, -0.25) is 4.98 Å². The van der Waals surface area contributed by atoms with E-state index < -0.39 is 0 Å². The first-order chi connectivity index (χ1) is 11.2. The Labute approximate surface area is 137 Å². The number of pyridine rings is 1. The molecule has 0 spiro atoms. The van der Waals surface area contributed by atoms with E-state index in [4.69, 9.17) is 4.98 Å². The number of aromatic nitrogens is 1. The maximum Gasteiger partial charge on any atom is 0.115 e. The van der Waals surface area contributed by atoms with Crippen LogP contribution in [0.3, 0.4) is 0 Å². The van der Waals surface area contributed by atoms with Gasteiger partial charge in [-0.25, -0.2) is 0 Å². The average Bonchev–Trinajstić information content (AvgIpc) is 2.87. The van der Waals surface area contributed by atoms with E-state index in [0.29, 0.717) is 11.7 Å². The molecule has 2 aromatic rings. The summed E-state index contributed by atoms with van der Waals surface area (Å²) in [7, 11) is 0. The zero-order valence-corrected chi connectivity index (χ0v) is 13.6. The van der Waals surface area contributed by atoms with Gasteiger partial charge in [0, 0.05) is 17.3 Å². The number of aromatic hydroxyl groups is 1. The Balaban J connectivity index is 1.57. The van der Waals surface area contributed by atoms with Crippen molar-refractivity contribution in [3.63, 3.8) is 0 Å². The largest absolute Gasteiger partial charge is 0.508 e. The first-order valence-corrected chi connectivity index (χ1v) is 8.93. The van der Waals surface area contributed by atoms with Crippen molar-refractivity contribution in [2.45, 2.75) is 50.4 Å². The Bertz CT molecular complexity index is 783. The van der Waals surface area contributed by atoms with E-state index in [2.05, 4.69) is 25.1 Å². The maximum atomic E-state index is 9.79. The van der Waals surface area contributed by atoms with Crippen molar-refractivity contribution in [2.24, 2.45) is 11.8 Å². The average molecular weight is 305 g/mol. The minimum atomic E-state index is 0.270. The Morgan fingerprint density at radius 2 is 2.09 bits per heavy atom. The molecule has 1 aromatic carbocycles. The highest BCUT2D eigenvalue weighted by Gasteiger charge is 2.53. The van der Waals surface area contributed by atoms with Crippen LogP contribution in [0.2, 0.25) is 0 Å². The molecule has 0 bridgehead atoms. The SMILES string of the molecule is C[C@]12CC[C@@H]3c4ccc(O)cc4CC[C@H]3[C@@H]1Cc1cccnc12. The molecule has 4 atom stereocenters. The molecule has 0 saturated heterocycles. The number of benzene rings is 1. The predicted molar refractivity (Wildman–Crippen MR) is 90.7 cm³/mol. The highest BCUT2D eigenvalue weighted by Crippen LogP contribution is 2.59. The molecule has 2 heteroatoms. The van der Waals surface area contributed by atoms with Gasteiger partial charge >= 0.3 is 0 Å². The van der Waals surface area contributed by atoms with Gasteiger partial charge in [-0.2, -0.15) is 0 Å². The van der Waals surface area contributed by atoms with Crippen molar-refractivity contribution in [3.05, 3.63) is 58.9 Å². The summed E-state index contributed by atoms with van der Waals surface area (Å²) in [5, 5.41) is 9.79. The van der Waals surface area contributed by atoms with Crippen molar-refractivity contribution in [3.8, 4) is 5.75 Å². The van der Waals surface area contributed by atoms with Crippen LogP contribution in [0.5, 0.6) is 5.75 Å². The second-order valence-electron chi connectivity index (χ2n) is 7.97. The zero-order valence-electron chi connectivity index (χ0n) is 13.6. The summed E-state index contributed by atoms with van der Waals surface area (Å²) < 4.78 is 0. The van der Waals surface area contributed by atoms with Crippen LogP contribution < -0.4 is 0 Å². The fraction of sp³-hybridized carbons (Fsp3) is 0.476. The van der Waals surface area contributed by atoms with Gasteiger partial charge in [0.15, 0.2) is 0 Å². The van der Waals surface area contributed by atoms with Gasteiger partial charge in [0.1, 0.15) is 5.75 Å². The van der Waals surface area contributed by atoms with E-state index in [1.807, 2.05) is 18.3 Å². The molecule has 3 aliphatic rings. The Hall–Kier alpha value is -1.83. The van der Waals surface area contributed by atoms with Crippen molar-refractivity contribution < 1.29 is 5.11 Å². The van der Waals surface area contributed by atoms with Gasteiger partial charge in [-0.15, -0.1) is 0 Å². The van der Waals surface area contributed by atoms with Gasteiger partial charge in [0.25, 0.3) is 0 Å². The third-order valence-corrected chi connectivity index (χ3v) is 6.97. The number of aryl methyl sites for hydroxylation is 1. The molecule has 23 heavy (non-hydrogen) atoms. The number of rotatable bonds is 0. The van der Waals surface area contributed by atoms with Crippen LogP contribution in [0.4, 0.5) is 0 Å². The normalized spacial score (nSPS) is 34.2. The number of hydrogen-bond acceptors (Lipinski definition) is 2. The molecule has 1 fully saturated rings. The van der Waals surface area contributed by atoms with E-state index in [9.17, 15) is 5.11 Å². The molecule has 5 rings (SSSR count). The van der Waals surface area contributed by atoms with E-state index in [1.54, 1.807) is 0 Å². The fourth-order valence-corrected chi connectivity index (χ4v) is 5.91. The lowest BCUT2D eigenvalue weighted by atomic mass is 9.55. The van der Waals surface area contributed by atoms with Crippen LogP contribution in [-0.4, -0.2) is 10.1 Å². The molecule has 0 aliphatic heterocycles. The van der Waals surface area contributed by atoms with Crippen molar-refractivity contribution in [2.75, 3.05) is 0 Å². The molecule has 1 N–H and O–H groups in total. The summed E-state index contributed by atoms with van der Waals surface area (Å²) in [4.78, 5) is 4.78. The highest BCUT2D eigenvalue weighted by molar-refractivity contribution is 5.43. The Morgan fingerprint density at radius 1 is 1.17 bits per heavy atom. The molecule has 3 aliphatic carbocycles. The molecule has 1 saturated carbocycles. The molecule has 1 heterocycles. The number of hydrogen-bond donors (Lipinski definition) is 1. The second-order valence-corrected chi connectivity index (χ2v) is 7.97. The monoisotopic (exact) mass is 305 g/mol. The first-order valence-electron chi connectivity index (χ1n) is 8.93. The van der Waals surface area contributed by atoms with Gasteiger partial charge in [-0.1, -0.05) is 19.1 Å². The van der Waals surface area contributed by atoms with E-state index in [-0.39, 0.29) is 5.41 Å². The van der Waals surface area contributed by atoms with Gasteiger partial charge in [-0.05, 0) is 84.7 Å². The summed E-state index contributed by atoms with van der Waals surface area (Å²) in [6, 6.07) is 10.4. The molecule has 0 unspecified atom stereocenters. The topological polar surface area (TPSA) is 33.1 Å². The molecule has 2 nitrogen and oxygen atoms in total. The molecule has 1 aromatic heterocycles. The maximum absolute atomic E-state index is 9.79. The van der Waals surface area contributed by atoms with Crippen LogP contribution in [0.15, 0.2) is 36.5 Å². The Morgan fingerprint density at radius 3 is 3.00 bits per heavy atom. The van der Waals surface area contributed by atoms with Crippen LogP contribution in [0.1, 0.15) is 54.5 Å². The summed E-state index contributed by atoms with van der Waals surface area (Å²) >= 11 is 0. The van der Waals surface area contributed by atoms with E-state index in [0.717, 1.165) is 18.3 Å². The van der Waals surface area contributed by atoms with E-state index >= 15 is 0 Å². The fourth-order valence-electron chi connectivity index (χ4n) is 5.91. The van der Waals surface area contributed by atoms with Crippen molar-refractivity contribution in [1.29, 1.82) is 0 Å². The third kappa shape index (κ3) is 1.78. The lowest BCUT2D eigenvalue weighted by molar-refractivity contribution is 0.104. The quantitative estimate of drug-likeness (QED) is 0.784. The minimum absolute atomic E-state index is 0.270. The summed E-state index contributed by atoms with van der Waals surface area (Å²) in [5.41, 5.74) is 6.01. The zero-order chi connectivity index (χ0) is 15.6. The third-order valence-electron chi connectivity index (χ3n) is 6.97. The lowest BCUT2D eigenvalue weighted by Crippen LogP contribution is -2.43. The molecule has 0 radical (unpaired) electrons. The van der Waals surface area contributed by atoms with Gasteiger partial charge in [0.05, 0.1) is 0 Å². The van der Waals surface area contributed by atoms with Gasteiger partial charge < -0.3 is 5.11 Å². The number of phenolic OH excluding ortho intramolecular Hbond substituents is 1. The van der Waals surface area contributed by atoms with Crippen molar-refractivity contribution in [1.82, 2.24) is 4.98 Å². The highest BCUT2D eigenvalue weighted by atomic mass is 16.3. The van der Waals surface area contributed by atoms with Gasteiger partial charge in [0.2, 0.25) is 0 Å². The van der Waals surface area contributed by atoms with E-state index in [1.165, 1.54) is 48.1 Å². The smallest absolute Gasteiger partial charge is 0.115 e. The Kier molecular flexibility index (Phi) is 2.72. The summed E-state index contributed by atoms with van der Waals surface area (Å²) in [5.74, 6) is 2.58. The number of phenols is 1. The number of fused-ring (bicyclic) bond motifs is 7. The van der Waals surface area contributed by atoms with Crippen molar-refractivity contribution >= 4 is 0 Å². The predicted octanol–water partition coefficient (Wildman–Crippen LogP) is 4.36. The van der Waals surface area contributed by atoms with Crippen LogP contribution in [0, 0.1) is 11.8 Å². The molecule has 118 valence electrons. The lowest BCUT2D eigenvalue weighted by Gasteiger charge is -2.49. The summed E-state index contributed by atoms with van der Waals surface area (Å²) in [6.07, 6.45) is 8.04.